The first-order chi connectivity index (χ1) is 9.88. The fraction of sp³-hybridized carbons (Fsp3) is 0.235. The zero-order chi connectivity index (χ0) is 13.8. The van der Waals surface area contributed by atoms with E-state index in [4.69, 9.17) is 0 Å². The topological polar surface area (TPSA) is 24.9 Å². The van der Waals surface area contributed by atoms with Crippen molar-refractivity contribution in [3.63, 3.8) is 0 Å². The van der Waals surface area contributed by atoms with Crippen LogP contribution >= 0.6 is 11.3 Å². The summed E-state index contributed by atoms with van der Waals surface area (Å²) in [6.07, 6.45) is 2.93. The third-order valence-electron chi connectivity index (χ3n) is 3.58. The summed E-state index contributed by atoms with van der Waals surface area (Å²) in [6.45, 7) is 3.07. The highest BCUT2D eigenvalue weighted by molar-refractivity contribution is 7.09. The zero-order valence-corrected chi connectivity index (χ0v) is 12.4. The lowest BCUT2D eigenvalue weighted by molar-refractivity contribution is 0.518. The van der Waals surface area contributed by atoms with Gasteiger partial charge in [-0.2, -0.15) is 0 Å². The molecule has 0 spiro atoms. The summed E-state index contributed by atoms with van der Waals surface area (Å²) in [7, 11) is 0. The minimum absolute atomic E-state index is 0.342. The van der Waals surface area contributed by atoms with Crippen LogP contribution in [0.5, 0.6) is 0 Å². The van der Waals surface area contributed by atoms with Crippen molar-refractivity contribution in [2.24, 2.45) is 0 Å². The minimum atomic E-state index is 0.342. The summed E-state index contributed by atoms with van der Waals surface area (Å²) in [4.78, 5) is 4.42. The van der Waals surface area contributed by atoms with E-state index in [0.29, 0.717) is 6.04 Å². The van der Waals surface area contributed by atoms with Gasteiger partial charge in [-0.05, 0) is 22.8 Å². The quantitative estimate of drug-likeness (QED) is 0.743. The molecule has 2 nitrogen and oxygen atoms in total. The molecule has 1 heterocycles. The molecule has 20 heavy (non-hydrogen) atoms. The number of hydrogen-bond donors (Lipinski definition) is 1. The average Bonchev–Trinajstić information content (AvgIpc) is 3.02. The van der Waals surface area contributed by atoms with Gasteiger partial charge in [-0.25, -0.2) is 4.98 Å². The first-order valence-corrected chi connectivity index (χ1v) is 7.86. The summed E-state index contributed by atoms with van der Waals surface area (Å²) in [5, 5.41) is 9.47. The standard InChI is InChI=1S/C17H18N2S/c1-2-16(17-18-10-11-20-17)19-12-14-8-5-7-13-6-3-4-9-15(13)14/h3-11,16,19H,2,12H2,1H3. The molecule has 1 unspecified atom stereocenters. The van der Waals surface area contributed by atoms with Crippen molar-refractivity contribution in [1.29, 1.82) is 0 Å². The van der Waals surface area contributed by atoms with Gasteiger partial charge in [-0.1, -0.05) is 49.4 Å². The molecule has 0 aliphatic carbocycles. The lowest BCUT2D eigenvalue weighted by Gasteiger charge is -2.15. The van der Waals surface area contributed by atoms with Gasteiger partial charge in [0.2, 0.25) is 0 Å². The number of aromatic nitrogens is 1. The summed E-state index contributed by atoms with van der Waals surface area (Å²) in [5.74, 6) is 0. The Kier molecular flexibility index (Phi) is 4.09. The van der Waals surface area contributed by atoms with Crippen LogP contribution in [0.4, 0.5) is 0 Å². The van der Waals surface area contributed by atoms with Gasteiger partial charge in [-0.3, -0.25) is 0 Å². The highest BCUT2D eigenvalue weighted by Gasteiger charge is 2.11. The average molecular weight is 282 g/mol. The number of benzene rings is 2. The highest BCUT2D eigenvalue weighted by Crippen LogP contribution is 2.22. The van der Waals surface area contributed by atoms with E-state index in [1.807, 2.05) is 11.6 Å². The first kappa shape index (κ1) is 13.3. The summed E-state index contributed by atoms with van der Waals surface area (Å²) < 4.78 is 0. The number of nitrogens with one attached hydrogen (secondary N) is 1. The SMILES string of the molecule is CCC(NCc1cccc2ccccc12)c1nccs1. The Balaban J connectivity index is 1.80. The van der Waals surface area contributed by atoms with Crippen molar-refractivity contribution < 1.29 is 0 Å². The van der Waals surface area contributed by atoms with Crippen molar-refractivity contribution in [1.82, 2.24) is 10.3 Å². The van der Waals surface area contributed by atoms with Crippen molar-refractivity contribution in [2.75, 3.05) is 0 Å². The number of hydrogen-bond acceptors (Lipinski definition) is 3. The molecule has 3 rings (SSSR count). The molecule has 1 aromatic heterocycles. The molecule has 0 radical (unpaired) electrons. The third kappa shape index (κ3) is 2.74. The zero-order valence-electron chi connectivity index (χ0n) is 11.5. The summed E-state index contributed by atoms with van der Waals surface area (Å²) in [5.41, 5.74) is 1.35. The number of nitrogens with zero attached hydrogens (tertiary/aromatic N) is 1. The molecule has 0 fully saturated rings. The Hall–Kier alpha value is -1.71. The Labute approximate surface area is 123 Å². The van der Waals surface area contributed by atoms with Crippen molar-refractivity contribution in [3.05, 3.63) is 64.6 Å². The lowest BCUT2D eigenvalue weighted by Crippen LogP contribution is -2.20. The van der Waals surface area contributed by atoms with Crippen LogP contribution in [0.15, 0.2) is 54.0 Å². The maximum absolute atomic E-state index is 4.42. The second-order valence-corrected chi connectivity index (χ2v) is 5.78. The second kappa shape index (κ2) is 6.16. The predicted octanol–water partition coefficient (Wildman–Crippen LogP) is 4.54. The van der Waals surface area contributed by atoms with E-state index >= 15 is 0 Å². The molecule has 1 atom stereocenters. The molecular formula is C17H18N2S. The summed E-state index contributed by atoms with van der Waals surface area (Å²) >= 11 is 1.72. The Morgan fingerprint density at radius 1 is 1.15 bits per heavy atom. The van der Waals surface area contributed by atoms with Crippen LogP contribution in [0.3, 0.4) is 0 Å². The smallest absolute Gasteiger partial charge is 0.109 e. The molecule has 102 valence electrons. The van der Waals surface area contributed by atoms with Gasteiger partial charge in [0, 0.05) is 18.1 Å². The van der Waals surface area contributed by atoms with Crippen molar-refractivity contribution >= 4 is 22.1 Å². The maximum Gasteiger partial charge on any atom is 0.109 e. The van der Waals surface area contributed by atoms with Gasteiger partial charge in [-0.15, -0.1) is 11.3 Å². The Morgan fingerprint density at radius 3 is 2.80 bits per heavy atom. The largest absolute Gasteiger partial charge is 0.304 e. The molecule has 0 aliphatic heterocycles. The van der Waals surface area contributed by atoms with Crippen LogP contribution in [0.2, 0.25) is 0 Å². The number of rotatable bonds is 5. The normalized spacial score (nSPS) is 12.7. The monoisotopic (exact) mass is 282 g/mol. The van der Waals surface area contributed by atoms with E-state index in [1.165, 1.54) is 21.3 Å². The van der Waals surface area contributed by atoms with Gasteiger partial charge in [0.15, 0.2) is 0 Å². The van der Waals surface area contributed by atoms with Crippen molar-refractivity contribution in [3.8, 4) is 0 Å². The van der Waals surface area contributed by atoms with E-state index < -0.39 is 0 Å². The first-order valence-electron chi connectivity index (χ1n) is 6.98. The van der Waals surface area contributed by atoms with Crippen molar-refractivity contribution in [2.45, 2.75) is 25.9 Å². The highest BCUT2D eigenvalue weighted by atomic mass is 32.1. The van der Waals surface area contributed by atoms with E-state index in [2.05, 4.69) is 59.7 Å². The fourth-order valence-corrected chi connectivity index (χ4v) is 3.29. The van der Waals surface area contributed by atoms with Crippen LogP contribution in [-0.4, -0.2) is 4.98 Å². The molecule has 0 aliphatic rings. The van der Waals surface area contributed by atoms with Gasteiger partial charge in [0.05, 0.1) is 6.04 Å². The van der Waals surface area contributed by atoms with Crippen LogP contribution < -0.4 is 5.32 Å². The van der Waals surface area contributed by atoms with Crippen LogP contribution in [-0.2, 0) is 6.54 Å². The van der Waals surface area contributed by atoms with Gasteiger partial charge >= 0.3 is 0 Å². The molecule has 0 saturated carbocycles. The van der Waals surface area contributed by atoms with E-state index in [1.54, 1.807) is 11.3 Å². The van der Waals surface area contributed by atoms with Crippen LogP contribution in [0, 0.1) is 0 Å². The number of fused-ring (bicyclic) bond motifs is 1. The Morgan fingerprint density at radius 2 is 2.00 bits per heavy atom. The predicted molar refractivity (Wildman–Crippen MR) is 85.9 cm³/mol. The molecule has 2 aromatic carbocycles. The fourth-order valence-electron chi connectivity index (χ4n) is 2.49. The lowest BCUT2D eigenvalue weighted by atomic mass is 10.0. The molecule has 0 amide bonds. The molecule has 0 saturated heterocycles. The summed E-state index contributed by atoms with van der Waals surface area (Å²) in [6, 6.07) is 15.4. The molecule has 1 N–H and O–H groups in total. The maximum atomic E-state index is 4.42. The minimum Gasteiger partial charge on any atom is -0.304 e. The van der Waals surface area contributed by atoms with Gasteiger partial charge < -0.3 is 5.32 Å². The van der Waals surface area contributed by atoms with E-state index in [0.717, 1.165) is 13.0 Å². The van der Waals surface area contributed by atoms with Gasteiger partial charge in [0.25, 0.3) is 0 Å². The second-order valence-electron chi connectivity index (χ2n) is 4.85. The van der Waals surface area contributed by atoms with Crippen LogP contribution in [0.1, 0.15) is 30.0 Å². The number of thiazole rings is 1. The molecule has 0 bridgehead atoms. The molecule has 3 heteroatoms. The van der Waals surface area contributed by atoms with Gasteiger partial charge in [0.1, 0.15) is 5.01 Å². The van der Waals surface area contributed by atoms with E-state index in [9.17, 15) is 0 Å². The van der Waals surface area contributed by atoms with Crippen LogP contribution in [0.25, 0.3) is 10.8 Å². The molecule has 3 aromatic rings. The molecular weight excluding hydrogens is 264 g/mol. The Bertz CT molecular complexity index is 671. The third-order valence-corrected chi connectivity index (χ3v) is 4.47. The van der Waals surface area contributed by atoms with E-state index in [-0.39, 0.29) is 0 Å².